The number of rotatable bonds is 19. The number of nitrogens with one attached hydrogen (secondary N) is 5. The largest absolute Gasteiger partial charge is 0.391 e. The molecule has 2 aromatic rings. The fraction of sp³-hybridized carbons (Fsp3) is 0.559. The quantitative estimate of drug-likeness (QED) is 0.135. The van der Waals surface area contributed by atoms with Crippen LogP contribution in [0, 0.1) is 17.8 Å². The molecule has 254 valence electrons. The Morgan fingerprint density at radius 2 is 1.48 bits per heavy atom. The van der Waals surface area contributed by atoms with Gasteiger partial charge in [-0.3, -0.25) is 19.4 Å². The van der Waals surface area contributed by atoms with Crippen molar-refractivity contribution in [2.75, 3.05) is 12.0 Å². The molecule has 0 aliphatic heterocycles. The molecule has 5 atom stereocenters. The lowest BCUT2D eigenvalue weighted by Crippen LogP contribution is -2.55. The van der Waals surface area contributed by atoms with Gasteiger partial charge in [0, 0.05) is 31.4 Å². The molecule has 0 bridgehead atoms. The Bertz CT molecular complexity index is 1220. The number of amides is 5. The number of benzene rings is 1. The Hall–Kier alpha value is -3.64. The van der Waals surface area contributed by atoms with Gasteiger partial charge in [-0.05, 0) is 60.3 Å². The van der Waals surface area contributed by atoms with E-state index >= 15 is 0 Å². The van der Waals surface area contributed by atoms with E-state index in [1.54, 1.807) is 37.1 Å². The first-order chi connectivity index (χ1) is 21.9. The average Bonchev–Trinajstić information content (AvgIpc) is 3.03. The van der Waals surface area contributed by atoms with Crippen molar-refractivity contribution >= 4 is 35.5 Å². The third kappa shape index (κ3) is 14.2. The zero-order chi connectivity index (χ0) is 34.1. The van der Waals surface area contributed by atoms with Gasteiger partial charge < -0.3 is 31.7 Å². The van der Waals surface area contributed by atoms with Crippen molar-refractivity contribution in [1.82, 2.24) is 31.6 Å². The normalized spacial score (nSPS) is 14.5. The van der Waals surface area contributed by atoms with E-state index in [1.807, 2.05) is 70.3 Å². The molecule has 11 nitrogen and oxygen atoms in total. The summed E-state index contributed by atoms with van der Waals surface area (Å²) in [5, 5.41) is 25.5. The lowest BCUT2D eigenvalue weighted by molar-refractivity contribution is -0.132. The van der Waals surface area contributed by atoms with Crippen LogP contribution < -0.4 is 26.6 Å². The fourth-order valence-corrected chi connectivity index (χ4v) is 5.33. The highest BCUT2D eigenvalue weighted by Gasteiger charge is 2.31. The van der Waals surface area contributed by atoms with E-state index in [0.29, 0.717) is 25.1 Å². The Morgan fingerprint density at radius 1 is 0.804 bits per heavy atom. The smallest absolute Gasteiger partial charge is 0.315 e. The van der Waals surface area contributed by atoms with Crippen LogP contribution >= 0.6 is 11.8 Å². The van der Waals surface area contributed by atoms with Crippen LogP contribution in [0.5, 0.6) is 0 Å². The predicted molar refractivity (Wildman–Crippen MR) is 183 cm³/mol. The van der Waals surface area contributed by atoms with E-state index in [-0.39, 0.29) is 36.6 Å². The highest BCUT2D eigenvalue weighted by Crippen LogP contribution is 2.17. The Morgan fingerprint density at radius 3 is 2.09 bits per heavy atom. The van der Waals surface area contributed by atoms with Gasteiger partial charge in [-0.25, -0.2) is 4.79 Å². The number of aliphatic hydroxyl groups excluding tert-OH is 1. The van der Waals surface area contributed by atoms with Gasteiger partial charge in [0.1, 0.15) is 12.1 Å². The summed E-state index contributed by atoms with van der Waals surface area (Å²) in [6, 6.07) is 10.5. The Labute approximate surface area is 277 Å². The van der Waals surface area contributed by atoms with Crippen LogP contribution in [0.1, 0.15) is 65.0 Å². The van der Waals surface area contributed by atoms with Crippen LogP contribution in [0.2, 0.25) is 0 Å². The lowest BCUT2D eigenvalue weighted by atomic mass is 9.91. The Balaban J connectivity index is 2.00. The van der Waals surface area contributed by atoms with Crippen molar-refractivity contribution in [2.45, 2.75) is 91.2 Å². The van der Waals surface area contributed by atoms with Gasteiger partial charge in [0.05, 0.1) is 12.1 Å². The van der Waals surface area contributed by atoms with E-state index in [4.69, 9.17) is 0 Å². The molecule has 0 saturated carbocycles. The molecule has 1 aromatic heterocycles. The van der Waals surface area contributed by atoms with E-state index in [0.717, 1.165) is 11.1 Å². The summed E-state index contributed by atoms with van der Waals surface area (Å²) in [5.74, 6) is -1.04. The van der Waals surface area contributed by atoms with Crippen LogP contribution in [-0.2, 0) is 27.5 Å². The van der Waals surface area contributed by atoms with Crippen molar-refractivity contribution in [3.05, 3.63) is 66.0 Å². The molecular formula is C34H52N6O5S. The van der Waals surface area contributed by atoms with Gasteiger partial charge in [-0.2, -0.15) is 11.8 Å². The van der Waals surface area contributed by atoms with Crippen LogP contribution in [-0.4, -0.2) is 70.1 Å². The molecule has 0 fully saturated rings. The lowest BCUT2D eigenvalue weighted by Gasteiger charge is -2.30. The number of carbonyl (C=O) groups is 4. The van der Waals surface area contributed by atoms with Crippen LogP contribution in [0.3, 0.4) is 0 Å². The molecule has 12 heteroatoms. The number of urea groups is 1. The maximum Gasteiger partial charge on any atom is 0.315 e. The van der Waals surface area contributed by atoms with E-state index < -0.39 is 42.1 Å². The molecule has 0 radical (unpaired) electrons. The van der Waals surface area contributed by atoms with E-state index in [9.17, 15) is 24.3 Å². The molecule has 5 amide bonds. The number of hydrogen-bond donors (Lipinski definition) is 6. The van der Waals surface area contributed by atoms with Crippen molar-refractivity contribution < 1.29 is 24.3 Å². The maximum absolute atomic E-state index is 13.4. The highest BCUT2D eigenvalue weighted by atomic mass is 32.2. The number of aromatic nitrogens is 1. The minimum atomic E-state index is -1.03. The van der Waals surface area contributed by atoms with E-state index in [2.05, 4.69) is 31.6 Å². The average molecular weight is 657 g/mol. The summed E-state index contributed by atoms with van der Waals surface area (Å²) in [4.78, 5) is 56.3. The number of thioether (sulfide) groups is 1. The zero-order valence-electron chi connectivity index (χ0n) is 27.9. The summed E-state index contributed by atoms with van der Waals surface area (Å²) in [6.07, 6.45) is 5.15. The molecule has 1 aromatic carbocycles. The molecule has 46 heavy (non-hydrogen) atoms. The number of hydrogen-bond acceptors (Lipinski definition) is 7. The standard InChI is InChI=1S/C34H52N6O5S/c1-22(2)17-28(38-32(43)27(14-16-46-6)39-34(45)37-21-26-13-10-15-35-19-26)29(41)18-24(5)31(42)40-30(23(3)4)33(44)36-20-25-11-8-7-9-12-25/h7-13,15,19,22-24,27-30,41H,14,16-18,20-21H2,1-6H3,(H,36,44)(H,38,43)(H,40,42)(H2,37,39,45)/t24-,27+,28+,29+,30+/m1/s1. The van der Waals surface area contributed by atoms with E-state index in [1.165, 1.54) is 0 Å². The Kier molecular flexibility index (Phi) is 17.2. The summed E-state index contributed by atoms with van der Waals surface area (Å²) < 4.78 is 0. The van der Waals surface area contributed by atoms with Gasteiger partial charge in [0.25, 0.3) is 0 Å². The maximum atomic E-state index is 13.4. The van der Waals surface area contributed by atoms with Crippen LogP contribution in [0.4, 0.5) is 4.79 Å². The SMILES string of the molecule is CSCC[C@H](NC(=O)NCc1cccnc1)C(=O)N[C@@H](CC(C)C)[C@@H](O)C[C@@H](C)C(=O)N[C@H](C(=O)NCc1ccccc1)C(C)C. The topological polar surface area (TPSA) is 162 Å². The molecule has 0 aliphatic rings. The van der Waals surface area contributed by atoms with Crippen LogP contribution in [0.15, 0.2) is 54.9 Å². The molecule has 0 unspecified atom stereocenters. The van der Waals surface area contributed by atoms with Crippen molar-refractivity contribution in [3.63, 3.8) is 0 Å². The first kappa shape index (κ1) is 38.5. The third-order valence-electron chi connectivity index (χ3n) is 7.52. The fourth-order valence-electron chi connectivity index (χ4n) is 4.86. The van der Waals surface area contributed by atoms with Gasteiger partial charge >= 0.3 is 6.03 Å². The minimum Gasteiger partial charge on any atom is -0.391 e. The zero-order valence-corrected chi connectivity index (χ0v) is 28.7. The van der Waals surface area contributed by atoms with Crippen molar-refractivity contribution in [3.8, 4) is 0 Å². The molecule has 0 aliphatic carbocycles. The number of nitrogens with zero attached hydrogens (tertiary/aromatic N) is 1. The first-order valence-corrected chi connectivity index (χ1v) is 17.3. The molecule has 1 heterocycles. The molecular weight excluding hydrogens is 604 g/mol. The molecule has 0 saturated heterocycles. The second-order valence-electron chi connectivity index (χ2n) is 12.4. The number of carbonyl (C=O) groups excluding carboxylic acids is 4. The van der Waals surface area contributed by atoms with Crippen molar-refractivity contribution in [2.24, 2.45) is 17.8 Å². The predicted octanol–water partition coefficient (Wildman–Crippen LogP) is 3.38. The second-order valence-corrected chi connectivity index (χ2v) is 13.4. The van der Waals surface area contributed by atoms with Gasteiger partial charge in [-0.1, -0.05) is 71.0 Å². The first-order valence-electron chi connectivity index (χ1n) is 15.9. The monoisotopic (exact) mass is 656 g/mol. The number of pyridine rings is 1. The minimum absolute atomic E-state index is 0.0778. The van der Waals surface area contributed by atoms with Gasteiger partial charge in [-0.15, -0.1) is 0 Å². The summed E-state index contributed by atoms with van der Waals surface area (Å²) >= 11 is 1.56. The second kappa shape index (κ2) is 20.5. The van der Waals surface area contributed by atoms with Gasteiger partial charge in [0.2, 0.25) is 17.7 Å². The molecule has 0 spiro atoms. The molecule has 6 N–H and O–H groups in total. The summed E-state index contributed by atoms with van der Waals surface area (Å²) in [7, 11) is 0. The summed E-state index contributed by atoms with van der Waals surface area (Å²) in [6.45, 7) is 10.0. The summed E-state index contributed by atoms with van der Waals surface area (Å²) in [5.41, 5.74) is 1.78. The third-order valence-corrected chi connectivity index (χ3v) is 8.17. The van der Waals surface area contributed by atoms with Crippen LogP contribution in [0.25, 0.3) is 0 Å². The van der Waals surface area contributed by atoms with Crippen molar-refractivity contribution in [1.29, 1.82) is 0 Å². The highest BCUT2D eigenvalue weighted by molar-refractivity contribution is 7.98. The molecule has 2 rings (SSSR count). The number of aliphatic hydroxyl groups is 1. The van der Waals surface area contributed by atoms with Gasteiger partial charge in [0.15, 0.2) is 0 Å².